The summed E-state index contributed by atoms with van der Waals surface area (Å²) >= 11 is 0. The Morgan fingerprint density at radius 3 is 2.40 bits per heavy atom. The third-order valence-corrected chi connectivity index (χ3v) is 6.52. The average molecular weight is 467 g/mol. The van der Waals surface area contributed by atoms with Crippen LogP contribution < -0.4 is 10.9 Å². The molecule has 1 aromatic heterocycles. The standard InChI is InChI=1S/C29H30N4O2/c1-20-5-9-23(10-6-20)31-24-13-14-25-26(17-24)27(29(35)32-28(25)34)18-30-22-11-7-21(8-12-22)19-33-15-3-2-4-16-33/h5-14,17-18,31H,2-4,15-16,19H2,1H3,(H2,32,34,35). The molecule has 0 saturated carbocycles. The lowest BCUT2D eigenvalue weighted by molar-refractivity contribution is 0.221. The van der Waals surface area contributed by atoms with E-state index < -0.39 is 0 Å². The normalized spacial score (nSPS) is 14.5. The average Bonchev–Trinajstić information content (AvgIpc) is 2.87. The number of rotatable bonds is 6. The van der Waals surface area contributed by atoms with Gasteiger partial charge in [0.25, 0.3) is 5.56 Å². The molecule has 6 nitrogen and oxygen atoms in total. The van der Waals surface area contributed by atoms with Crippen LogP contribution in [-0.2, 0) is 6.54 Å². The van der Waals surface area contributed by atoms with E-state index in [1.54, 1.807) is 12.3 Å². The largest absolute Gasteiger partial charge is 0.494 e. The molecule has 0 aliphatic carbocycles. The number of H-pyrrole nitrogens is 1. The fraction of sp³-hybridized carbons (Fsp3) is 0.241. The molecule has 0 atom stereocenters. The van der Waals surface area contributed by atoms with Crippen molar-refractivity contribution in [1.29, 1.82) is 0 Å². The zero-order valence-corrected chi connectivity index (χ0v) is 19.9. The summed E-state index contributed by atoms with van der Waals surface area (Å²) in [6.07, 6.45) is 5.51. The van der Waals surface area contributed by atoms with Gasteiger partial charge in [-0.2, -0.15) is 0 Å². The molecule has 1 fully saturated rings. The zero-order chi connectivity index (χ0) is 24.2. The number of aliphatic imine (C=N–C) groups is 1. The molecule has 1 aliphatic heterocycles. The molecule has 6 heteroatoms. The quantitative estimate of drug-likeness (QED) is 0.304. The number of nitrogens with one attached hydrogen (secondary N) is 2. The molecular formula is C29H30N4O2. The third-order valence-electron chi connectivity index (χ3n) is 6.52. The van der Waals surface area contributed by atoms with Crippen molar-refractivity contribution < 1.29 is 5.11 Å². The lowest BCUT2D eigenvalue weighted by Gasteiger charge is -2.26. The monoisotopic (exact) mass is 466 g/mol. The molecule has 0 radical (unpaired) electrons. The maximum Gasteiger partial charge on any atom is 0.258 e. The van der Waals surface area contributed by atoms with Crippen molar-refractivity contribution in [2.45, 2.75) is 32.7 Å². The number of aromatic hydroxyl groups is 1. The van der Waals surface area contributed by atoms with Crippen LogP contribution in [0.15, 0.2) is 76.5 Å². The molecule has 0 amide bonds. The van der Waals surface area contributed by atoms with Crippen LogP contribution in [0.5, 0.6) is 5.88 Å². The second-order valence-electron chi connectivity index (χ2n) is 9.23. The number of aromatic nitrogens is 1. The van der Waals surface area contributed by atoms with Gasteiger partial charge in [0.1, 0.15) is 0 Å². The van der Waals surface area contributed by atoms with E-state index in [-0.39, 0.29) is 11.4 Å². The molecule has 1 saturated heterocycles. The Morgan fingerprint density at radius 1 is 0.943 bits per heavy atom. The summed E-state index contributed by atoms with van der Waals surface area (Å²) < 4.78 is 0. The van der Waals surface area contributed by atoms with Crippen LogP contribution in [0.25, 0.3) is 10.8 Å². The highest BCUT2D eigenvalue weighted by Crippen LogP contribution is 2.27. The number of hydrogen-bond acceptors (Lipinski definition) is 5. The van der Waals surface area contributed by atoms with Gasteiger partial charge >= 0.3 is 0 Å². The minimum Gasteiger partial charge on any atom is -0.494 e. The van der Waals surface area contributed by atoms with Gasteiger partial charge < -0.3 is 10.4 Å². The van der Waals surface area contributed by atoms with E-state index in [1.165, 1.54) is 43.5 Å². The minimum absolute atomic E-state index is 0.194. The first-order chi connectivity index (χ1) is 17.0. The van der Waals surface area contributed by atoms with E-state index in [0.717, 1.165) is 23.6 Å². The smallest absolute Gasteiger partial charge is 0.258 e. The number of anilines is 2. The molecular weight excluding hydrogens is 436 g/mol. The molecule has 1 aliphatic rings. The van der Waals surface area contributed by atoms with E-state index in [2.05, 4.69) is 32.3 Å². The van der Waals surface area contributed by atoms with Crippen LogP contribution in [0.1, 0.15) is 36.0 Å². The molecule has 178 valence electrons. The number of aromatic amines is 1. The first-order valence-corrected chi connectivity index (χ1v) is 12.1. The van der Waals surface area contributed by atoms with Gasteiger partial charge in [-0.3, -0.25) is 19.7 Å². The van der Waals surface area contributed by atoms with Gasteiger partial charge in [-0.25, -0.2) is 0 Å². The number of benzene rings is 3. The van der Waals surface area contributed by atoms with E-state index in [9.17, 15) is 9.90 Å². The first kappa shape index (κ1) is 22.9. The Labute approximate surface area is 205 Å². The summed E-state index contributed by atoms with van der Waals surface area (Å²) in [5.74, 6) is -0.194. The van der Waals surface area contributed by atoms with Gasteiger partial charge in [0.05, 0.1) is 11.3 Å². The summed E-state index contributed by atoms with van der Waals surface area (Å²) in [4.78, 5) is 22.1. The second-order valence-corrected chi connectivity index (χ2v) is 9.23. The predicted molar refractivity (Wildman–Crippen MR) is 144 cm³/mol. The maximum absolute atomic E-state index is 12.4. The predicted octanol–water partition coefficient (Wildman–Crippen LogP) is 6.02. The highest BCUT2D eigenvalue weighted by atomic mass is 16.3. The van der Waals surface area contributed by atoms with E-state index >= 15 is 0 Å². The Hall–Kier alpha value is -3.90. The molecule has 0 spiro atoms. The minimum atomic E-state index is -0.335. The summed E-state index contributed by atoms with van der Waals surface area (Å²) in [5.41, 5.74) is 5.16. The zero-order valence-electron chi connectivity index (χ0n) is 19.9. The molecule has 3 N–H and O–H groups in total. The highest BCUT2D eigenvalue weighted by Gasteiger charge is 2.12. The van der Waals surface area contributed by atoms with Crippen LogP contribution >= 0.6 is 0 Å². The van der Waals surface area contributed by atoms with Crippen LogP contribution in [0.2, 0.25) is 0 Å². The van der Waals surface area contributed by atoms with Gasteiger partial charge in [0.15, 0.2) is 0 Å². The maximum atomic E-state index is 12.4. The van der Waals surface area contributed by atoms with Gasteiger partial charge in [-0.15, -0.1) is 0 Å². The number of pyridine rings is 1. The molecule has 0 bridgehead atoms. The van der Waals surface area contributed by atoms with E-state index in [4.69, 9.17) is 0 Å². The number of likely N-dealkylation sites (tertiary alicyclic amines) is 1. The Bertz CT molecular complexity index is 1400. The molecule has 35 heavy (non-hydrogen) atoms. The van der Waals surface area contributed by atoms with Crippen LogP contribution in [-0.4, -0.2) is 34.3 Å². The second kappa shape index (κ2) is 10.2. The Morgan fingerprint density at radius 2 is 1.66 bits per heavy atom. The lowest BCUT2D eigenvalue weighted by atomic mass is 10.1. The van der Waals surface area contributed by atoms with Gasteiger partial charge in [-0.1, -0.05) is 36.2 Å². The summed E-state index contributed by atoms with van der Waals surface area (Å²) in [6, 6.07) is 21.8. The highest BCUT2D eigenvalue weighted by molar-refractivity contribution is 6.03. The summed E-state index contributed by atoms with van der Waals surface area (Å²) in [6.45, 7) is 5.34. The van der Waals surface area contributed by atoms with Crippen LogP contribution in [0.3, 0.4) is 0 Å². The molecule has 3 aromatic carbocycles. The lowest BCUT2D eigenvalue weighted by Crippen LogP contribution is -2.28. The number of piperidine rings is 1. The Kier molecular flexibility index (Phi) is 6.64. The topological polar surface area (TPSA) is 80.7 Å². The number of nitrogens with zero attached hydrogens (tertiary/aromatic N) is 2. The van der Waals surface area contributed by atoms with Crippen molar-refractivity contribution in [3.05, 3.63) is 93.8 Å². The van der Waals surface area contributed by atoms with Gasteiger partial charge in [-0.05, 0) is 80.9 Å². The summed E-state index contributed by atoms with van der Waals surface area (Å²) in [7, 11) is 0. The molecule has 2 heterocycles. The van der Waals surface area contributed by atoms with Crippen molar-refractivity contribution in [2.24, 2.45) is 4.99 Å². The van der Waals surface area contributed by atoms with Crippen molar-refractivity contribution in [3.8, 4) is 5.88 Å². The van der Waals surface area contributed by atoms with Gasteiger partial charge in [0, 0.05) is 34.9 Å². The van der Waals surface area contributed by atoms with E-state index in [0.29, 0.717) is 16.3 Å². The number of hydrogen-bond donors (Lipinski definition) is 3. The fourth-order valence-electron chi connectivity index (χ4n) is 4.55. The summed E-state index contributed by atoms with van der Waals surface area (Å²) in [5, 5.41) is 15.0. The van der Waals surface area contributed by atoms with E-state index in [1.807, 2.05) is 55.5 Å². The fourth-order valence-corrected chi connectivity index (χ4v) is 4.55. The van der Waals surface area contributed by atoms with Crippen LogP contribution in [0, 0.1) is 6.92 Å². The molecule has 4 aromatic rings. The molecule has 0 unspecified atom stereocenters. The van der Waals surface area contributed by atoms with Crippen molar-refractivity contribution >= 4 is 34.0 Å². The van der Waals surface area contributed by atoms with Crippen molar-refractivity contribution in [1.82, 2.24) is 9.88 Å². The number of aryl methyl sites for hydroxylation is 1. The van der Waals surface area contributed by atoms with Gasteiger partial charge in [0.2, 0.25) is 5.88 Å². The van der Waals surface area contributed by atoms with Crippen molar-refractivity contribution in [3.63, 3.8) is 0 Å². The van der Waals surface area contributed by atoms with Crippen molar-refractivity contribution in [2.75, 3.05) is 18.4 Å². The SMILES string of the molecule is Cc1ccc(Nc2ccc3c(=O)[nH]c(O)c(C=Nc4ccc(CN5CCCCC5)cc4)c3c2)cc1. The third kappa shape index (κ3) is 5.44. The van der Waals surface area contributed by atoms with Crippen LogP contribution in [0.4, 0.5) is 17.1 Å². The first-order valence-electron chi connectivity index (χ1n) is 12.1. The molecule has 5 rings (SSSR count). The number of fused-ring (bicyclic) bond motifs is 1. The Balaban J connectivity index is 1.40.